The van der Waals surface area contributed by atoms with Crippen LogP contribution in [0.4, 0.5) is 5.95 Å². The van der Waals surface area contributed by atoms with Crippen molar-refractivity contribution in [3.8, 4) is 11.5 Å². The van der Waals surface area contributed by atoms with Crippen molar-refractivity contribution in [1.29, 1.82) is 0 Å². The van der Waals surface area contributed by atoms with Crippen molar-refractivity contribution in [3.05, 3.63) is 23.8 Å². The van der Waals surface area contributed by atoms with E-state index in [1.165, 1.54) is 20.2 Å². The molecule has 20 heavy (non-hydrogen) atoms. The van der Waals surface area contributed by atoms with Gasteiger partial charge in [0.15, 0.2) is 11.5 Å². The van der Waals surface area contributed by atoms with E-state index in [4.69, 9.17) is 15.2 Å². The number of methoxy groups -OCH3 is 1. The number of nitrogen functional groups attached to an aromatic ring is 1. The average molecular weight is 276 g/mol. The Hall–Kier alpha value is -2.97. The first kappa shape index (κ1) is 13.5. The monoisotopic (exact) mass is 276 g/mol. The number of nitrogens with zero attached hydrogens (tertiary/aromatic N) is 5. The molecule has 0 saturated carbocycles. The van der Waals surface area contributed by atoms with Gasteiger partial charge < -0.3 is 15.2 Å². The molecule has 0 aliphatic carbocycles. The highest BCUT2D eigenvalue weighted by Crippen LogP contribution is 2.27. The van der Waals surface area contributed by atoms with Gasteiger partial charge in [0.2, 0.25) is 0 Å². The molecular formula is C11H12N6O3. The van der Waals surface area contributed by atoms with E-state index < -0.39 is 5.97 Å². The summed E-state index contributed by atoms with van der Waals surface area (Å²) < 4.78 is 10.1. The van der Waals surface area contributed by atoms with Crippen LogP contribution in [0.1, 0.15) is 12.5 Å². The smallest absolute Gasteiger partial charge is 0.308 e. The molecule has 1 aromatic heterocycles. The topological polar surface area (TPSA) is 118 Å². The molecule has 9 nitrogen and oxygen atoms in total. The molecule has 0 amide bonds. The van der Waals surface area contributed by atoms with Crippen LogP contribution < -0.4 is 15.2 Å². The summed E-state index contributed by atoms with van der Waals surface area (Å²) in [6.07, 6.45) is 1.49. The van der Waals surface area contributed by atoms with E-state index >= 15 is 0 Å². The van der Waals surface area contributed by atoms with Gasteiger partial charge in [-0.2, -0.15) is 5.10 Å². The third kappa shape index (κ3) is 3.07. The Morgan fingerprint density at radius 1 is 1.45 bits per heavy atom. The number of esters is 1. The molecular weight excluding hydrogens is 264 g/mol. The van der Waals surface area contributed by atoms with Crippen molar-refractivity contribution in [2.24, 2.45) is 5.10 Å². The summed E-state index contributed by atoms with van der Waals surface area (Å²) in [4.78, 5) is 12.0. The Labute approximate surface area is 114 Å². The number of carbonyl (C=O) groups excluding carboxylic acids is 1. The normalized spacial score (nSPS) is 10.7. The van der Waals surface area contributed by atoms with E-state index in [2.05, 4.69) is 20.6 Å². The maximum Gasteiger partial charge on any atom is 0.308 e. The molecule has 1 heterocycles. The number of rotatable bonds is 4. The molecule has 104 valence electrons. The second kappa shape index (κ2) is 5.78. The third-order valence-corrected chi connectivity index (χ3v) is 2.23. The second-order valence-electron chi connectivity index (χ2n) is 3.68. The molecule has 0 aliphatic heterocycles. The number of carbonyl (C=O) groups is 1. The molecule has 0 bridgehead atoms. The fourth-order valence-electron chi connectivity index (χ4n) is 1.40. The first-order valence-electron chi connectivity index (χ1n) is 5.55. The predicted octanol–water partition coefficient (Wildman–Crippen LogP) is 0.0714. The van der Waals surface area contributed by atoms with Crippen LogP contribution in [-0.4, -0.2) is 39.6 Å². The highest BCUT2D eigenvalue weighted by atomic mass is 16.6. The molecule has 2 rings (SSSR count). The Balaban J connectivity index is 2.23. The van der Waals surface area contributed by atoms with Gasteiger partial charge >= 0.3 is 5.97 Å². The minimum Gasteiger partial charge on any atom is -0.493 e. The highest BCUT2D eigenvalue weighted by molar-refractivity contribution is 5.81. The Bertz CT molecular complexity index is 651. The van der Waals surface area contributed by atoms with Gasteiger partial charge in [-0.05, 0) is 34.2 Å². The first-order chi connectivity index (χ1) is 9.60. The van der Waals surface area contributed by atoms with Crippen LogP contribution >= 0.6 is 0 Å². The maximum absolute atomic E-state index is 10.9. The van der Waals surface area contributed by atoms with E-state index in [1.54, 1.807) is 18.2 Å². The molecule has 0 unspecified atom stereocenters. The SMILES string of the molecule is COc1cc(/C=N\n2nnnc2N)ccc1OC(C)=O. The largest absolute Gasteiger partial charge is 0.493 e. The molecule has 0 spiro atoms. The van der Waals surface area contributed by atoms with Crippen molar-refractivity contribution in [2.75, 3.05) is 12.8 Å². The highest BCUT2D eigenvalue weighted by Gasteiger charge is 2.07. The Kier molecular flexibility index (Phi) is 3.89. The van der Waals surface area contributed by atoms with Crippen LogP contribution in [0, 0.1) is 0 Å². The Morgan fingerprint density at radius 3 is 2.85 bits per heavy atom. The molecule has 0 saturated heterocycles. The predicted molar refractivity (Wildman–Crippen MR) is 69.5 cm³/mol. The Morgan fingerprint density at radius 2 is 2.25 bits per heavy atom. The quantitative estimate of drug-likeness (QED) is 0.477. The fraction of sp³-hybridized carbons (Fsp3) is 0.182. The number of nitrogens with two attached hydrogens (primary N) is 1. The summed E-state index contributed by atoms with van der Waals surface area (Å²) in [5.74, 6) is 0.392. The minimum absolute atomic E-state index is 0.0738. The summed E-state index contributed by atoms with van der Waals surface area (Å²) in [7, 11) is 1.47. The summed E-state index contributed by atoms with van der Waals surface area (Å²) in [5, 5.41) is 14.4. The lowest BCUT2D eigenvalue weighted by atomic mass is 10.2. The molecule has 9 heteroatoms. The number of ether oxygens (including phenoxy) is 2. The zero-order valence-corrected chi connectivity index (χ0v) is 10.8. The van der Waals surface area contributed by atoms with Crippen molar-refractivity contribution < 1.29 is 14.3 Å². The van der Waals surface area contributed by atoms with Gasteiger partial charge in [0.1, 0.15) is 0 Å². The third-order valence-electron chi connectivity index (χ3n) is 2.23. The van der Waals surface area contributed by atoms with Crippen LogP contribution in [0.5, 0.6) is 11.5 Å². The lowest BCUT2D eigenvalue weighted by Gasteiger charge is -2.08. The van der Waals surface area contributed by atoms with E-state index in [-0.39, 0.29) is 5.95 Å². The van der Waals surface area contributed by atoms with Gasteiger partial charge in [-0.3, -0.25) is 4.79 Å². The van der Waals surface area contributed by atoms with Crippen LogP contribution in [0.25, 0.3) is 0 Å². The number of benzene rings is 1. The second-order valence-corrected chi connectivity index (χ2v) is 3.68. The van der Waals surface area contributed by atoms with Gasteiger partial charge in [0.25, 0.3) is 5.95 Å². The van der Waals surface area contributed by atoms with Gasteiger partial charge in [0, 0.05) is 6.92 Å². The number of tetrazole rings is 1. The lowest BCUT2D eigenvalue weighted by Crippen LogP contribution is -2.03. The fourth-order valence-corrected chi connectivity index (χ4v) is 1.40. The van der Waals surface area contributed by atoms with Crippen LogP contribution in [-0.2, 0) is 4.79 Å². The molecule has 0 fully saturated rings. The average Bonchev–Trinajstić information content (AvgIpc) is 2.82. The van der Waals surface area contributed by atoms with E-state index in [1.807, 2.05) is 0 Å². The molecule has 2 N–H and O–H groups in total. The van der Waals surface area contributed by atoms with E-state index in [0.29, 0.717) is 17.1 Å². The van der Waals surface area contributed by atoms with Crippen molar-refractivity contribution in [3.63, 3.8) is 0 Å². The maximum atomic E-state index is 10.9. The number of aromatic nitrogens is 4. The minimum atomic E-state index is -0.425. The molecule has 0 aliphatic rings. The number of hydrogen-bond donors (Lipinski definition) is 1. The molecule has 1 aromatic carbocycles. The van der Waals surface area contributed by atoms with Crippen LogP contribution in [0.2, 0.25) is 0 Å². The van der Waals surface area contributed by atoms with Gasteiger partial charge in [-0.25, -0.2) is 0 Å². The van der Waals surface area contributed by atoms with Gasteiger partial charge in [-0.1, -0.05) is 9.89 Å². The first-order valence-corrected chi connectivity index (χ1v) is 5.55. The van der Waals surface area contributed by atoms with Crippen molar-refractivity contribution in [2.45, 2.75) is 6.92 Å². The zero-order valence-electron chi connectivity index (χ0n) is 10.8. The van der Waals surface area contributed by atoms with E-state index in [0.717, 1.165) is 4.79 Å². The van der Waals surface area contributed by atoms with Crippen molar-refractivity contribution >= 4 is 18.1 Å². The molecule has 2 aromatic rings. The summed E-state index contributed by atoms with van der Waals surface area (Å²) in [6, 6.07) is 4.96. The lowest BCUT2D eigenvalue weighted by molar-refractivity contribution is -0.132. The molecule has 0 atom stereocenters. The van der Waals surface area contributed by atoms with Crippen molar-refractivity contribution in [1.82, 2.24) is 20.3 Å². The summed E-state index contributed by atoms with van der Waals surface area (Å²) in [6.45, 7) is 1.31. The van der Waals surface area contributed by atoms with Crippen LogP contribution in [0.15, 0.2) is 23.3 Å². The van der Waals surface area contributed by atoms with Crippen LogP contribution in [0.3, 0.4) is 0 Å². The van der Waals surface area contributed by atoms with E-state index in [9.17, 15) is 4.79 Å². The standard InChI is InChI=1S/C11H12N6O3/c1-7(18)20-9-4-3-8(5-10(9)19-2)6-13-17-11(12)14-15-16-17/h3-6H,1-2H3,(H2,12,14,16)/b13-6-. The number of hydrogen-bond acceptors (Lipinski definition) is 8. The number of anilines is 1. The zero-order chi connectivity index (χ0) is 14.5. The summed E-state index contributed by atoms with van der Waals surface area (Å²) >= 11 is 0. The van der Waals surface area contributed by atoms with Gasteiger partial charge in [-0.15, -0.1) is 0 Å². The summed E-state index contributed by atoms with van der Waals surface area (Å²) in [5.41, 5.74) is 6.17. The molecule has 0 radical (unpaired) electrons. The van der Waals surface area contributed by atoms with Gasteiger partial charge in [0.05, 0.1) is 13.3 Å².